The molecule has 0 spiro atoms. The van der Waals surface area contributed by atoms with Gasteiger partial charge in [0.1, 0.15) is 0 Å². The van der Waals surface area contributed by atoms with Gasteiger partial charge in [-0.3, -0.25) is 0 Å². The topological polar surface area (TPSA) is 72.3 Å². The second-order valence-corrected chi connectivity index (χ2v) is 9.85. The third-order valence-electron chi connectivity index (χ3n) is 7.21. The fourth-order valence-electron chi connectivity index (χ4n) is 5.05. The van der Waals surface area contributed by atoms with Gasteiger partial charge in [0.25, 0.3) is 0 Å². The van der Waals surface area contributed by atoms with Crippen LogP contribution in [0.3, 0.4) is 0 Å². The van der Waals surface area contributed by atoms with Crippen LogP contribution in [-0.4, -0.2) is 11.1 Å². The molecule has 4 nitrogen and oxygen atoms in total. The first kappa shape index (κ1) is 24.8. The lowest BCUT2D eigenvalue weighted by molar-refractivity contribution is 0.345. The molecule has 0 aromatic rings. The van der Waals surface area contributed by atoms with E-state index in [4.69, 9.17) is 10.2 Å². The first-order valence-electron chi connectivity index (χ1n) is 13.0. The van der Waals surface area contributed by atoms with E-state index >= 15 is 0 Å². The smallest absolute Gasteiger partial charge is 0.167 e. The summed E-state index contributed by atoms with van der Waals surface area (Å²) < 4.78 is 0. The van der Waals surface area contributed by atoms with Crippen molar-refractivity contribution in [3.63, 3.8) is 0 Å². The maximum absolute atomic E-state index is 10.1. The Morgan fingerprint density at radius 2 is 0.567 bits per heavy atom. The van der Waals surface area contributed by atoms with Gasteiger partial charge in [0, 0.05) is 0 Å². The van der Waals surface area contributed by atoms with Crippen LogP contribution in [0, 0.1) is 22.7 Å². The number of hydrogen-bond donors (Lipinski definition) is 0. The molecular formula is C26H44N4. The number of nitrogens with zero attached hydrogens (tertiary/aromatic N) is 4. The highest BCUT2D eigenvalue weighted by Gasteiger charge is 2.34. The Bertz CT molecular complexity index is 495. The van der Waals surface area contributed by atoms with Gasteiger partial charge in [-0.2, -0.15) is 20.8 Å². The number of azo groups is 1. The Balaban J connectivity index is 2.11. The first-order valence-corrected chi connectivity index (χ1v) is 13.0. The van der Waals surface area contributed by atoms with E-state index in [9.17, 15) is 10.5 Å². The Kier molecular flexibility index (Phi) is 12.1. The summed E-state index contributed by atoms with van der Waals surface area (Å²) in [4.78, 5) is 0. The van der Waals surface area contributed by atoms with Crippen LogP contribution in [0.4, 0.5) is 0 Å². The normalized spacial score (nSPS) is 25.4. The van der Waals surface area contributed by atoms with Crippen molar-refractivity contribution in [2.45, 2.75) is 152 Å². The molecule has 4 heteroatoms. The largest absolute Gasteiger partial charge is 0.196 e. The zero-order valence-electron chi connectivity index (χ0n) is 19.3. The SMILES string of the molecule is N#CC1(N=NC2(C#N)CCCCCCCCCCC2)CCCCCCCCCCC1. The number of hydrogen-bond acceptors (Lipinski definition) is 4. The van der Waals surface area contributed by atoms with Gasteiger partial charge >= 0.3 is 0 Å². The molecule has 0 saturated heterocycles. The van der Waals surface area contributed by atoms with Gasteiger partial charge in [-0.25, -0.2) is 0 Å². The predicted molar refractivity (Wildman–Crippen MR) is 123 cm³/mol. The van der Waals surface area contributed by atoms with Gasteiger partial charge in [0.05, 0.1) is 12.1 Å². The molecule has 0 aromatic heterocycles. The zero-order valence-corrected chi connectivity index (χ0v) is 19.3. The lowest BCUT2D eigenvalue weighted by Crippen LogP contribution is -2.29. The fourth-order valence-corrected chi connectivity index (χ4v) is 5.05. The summed E-state index contributed by atoms with van der Waals surface area (Å²) in [5.74, 6) is 0. The Morgan fingerprint density at radius 1 is 0.367 bits per heavy atom. The van der Waals surface area contributed by atoms with Crippen LogP contribution in [0.25, 0.3) is 0 Å². The zero-order chi connectivity index (χ0) is 21.4. The summed E-state index contributed by atoms with van der Waals surface area (Å²) in [6, 6.07) is 5.10. The lowest BCUT2D eigenvalue weighted by atomic mass is 9.86. The van der Waals surface area contributed by atoms with Crippen LogP contribution in [0.2, 0.25) is 0 Å². The third kappa shape index (κ3) is 9.16. The van der Waals surface area contributed by atoms with E-state index in [1.165, 1.54) is 89.9 Å². The molecule has 0 radical (unpaired) electrons. The maximum Gasteiger partial charge on any atom is 0.167 e. The fraction of sp³-hybridized carbons (Fsp3) is 0.923. The molecule has 2 aliphatic rings. The molecule has 0 unspecified atom stereocenters. The molecule has 2 fully saturated rings. The van der Waals surface area contributed by atoms with Gasteiger partial charge in [0.15, 0.2) is 11.1 Å². The monoisotopic (exact) mass is 412 g/mol. The van der Waals surface area contributed by atoms with Crippen molar-refractivity contribution in [2.75, 3.05) is 0 Å². The summed E-state index contributed by atoms with van der Waals surface area (Å²) >= 11 is 0. The van der Waals surface area contributed by atoms with Crippen molar-refractivity contribution in [1.82, 2.24) is 0 Å². The van der Waals surface area contributed by atoms with Crippen LogP contribution >= 0.6 is 0 Å². The Morgan fingerprint density at radius 3 is 0.767 bits per heavy atom. The van der Waals surface area contributed by atoms with Crippen LogP contribution in [0.15, 0.2) is 10.2 Å². The van der Waals surface area contributed by atoms with E-state index in [1.54, 1.807) is 0 Å². The van der Waals surface area contributed by atoms with E-state index in [1.807, 2.05) is 0 Å². The molecule has 0 aromatic carbocycles. The van der Waals surface area contributed by atoms with Crippen molar-refractivity contribution in [3.8, 4) is 12.1 Å². The molecule has 0 bridgehead atoms. The van der Waals surface area contributed by atoms with Crippen molar-refractivity contribution in [1.29, 1.82) is 10.5 Å². The lowest BCUT2D eigenvalue weighted by Gasteiger charge is -2.26. The van der Waals surface area contributed by atoms with Gasteiger partial charge in [0.2, 0.25) is 0 Å². The van der Waals surface area contributed by atoms with Crippen molar-refractivity contribution in [2.24, 2.45) is 10.2 Å². The van der Waals surface area contributed by atoms with E-state index in [0.717, 1.165) is 51.4 Å². The molecule has 0 aliphatic heterocycles. The average Bonchev–Trinajstić information content (AvgIpc) is 2.75. The minimum absolute atomic E-state index is 0.716. The summed E-state index contributed by atoms with van der Waals surface area (Å²) in [7, 11) is 0. The standard InChI is InChI=1S/C26H44N4/c27-23-25(19-15-11-7-3-1-4-8-12-16-20-25)29-30-26(24-28)21-17-13-9-5-2-6-10-14-18-22-26/h1-22H2. The molecule has 2 rings (SSSR count). The van der Waals surface area contributed by atoms with Crippen molar-refractivity contribution < 1.29 is 0 Å². The highest BCUT2D eigenvalue weighted by molar-refractivity contribution is 5.10. The van der Waals surface area contributed by atoms with Crippen LogP contribution in [0.1, 0.15) is 141 Å². The maximum atomic E-state index is 10.1. The highest BCUT2D eigenvalue weighted by Crippen LogP contribution is 2.33. The molecule has 168 valence electrons. The van der Waals surface area contributed by atoms with E-state index in [0.29, 0.717) is 0 Å². The van der Waals surface area contributed by atoms with Gasteiger partial charge in [-0.05, 0) is 51.4 Å². The van der Waals surface area contributed by atoms with Crippen LogP contribution < -0.4 is 0 Å². The third-order valence-corrected chi connectivity index (χ3v) is 7.21. The molecule has 0 N–H and O–H groups in total. The predicted octanol–water partition coefficient (Wildman–Crippen LogP) is 8.57. The Hall–Kier alpha value is -1.42. The quantitative estimate of drug-likeness (QED) is 0.426. The second-order valence-electron chi connectivity index (χ2n) is 9.85. The molecule has 2 saturated carbocycles. The number of nitriles is 2. The molecule has 2 aliphatic carbocycles. The average molecular weight is 413 g/mol. The summed E-state index contributed by atoms with van der Waals surface area (Å²) in [5.41, 5.74) is -1.43. The van der Waals surface area contributed by atoms with Gasteiger partial charge in [-0.1, -0.05) is 89.9 Å². The highest BCUT2D eigenvalue weighted by atomic mass is 15.2. The first-order chi connectivity index (χ1) is 14.7. The van der Waals surface area contributed by atoms with Crippen molar-refractivity contribution in [3.05, 3.63) is 0 Å². The summed E-state index contributed by atoms with van der Waals surface area (Å²) in [6.45, 7) is 0. The van der Waals surface area contributed by atoms with Gasteiger partial charge < -0.3 is 0 Å². The second kappa shape index (κ2) is 14.6. The molecule has 0 atom stereocenters. The van der Waals surface area contributed by atoms with Crippen LogP contribution in [-0.2, 0) is 0 Å². The molecule has 30 heavy (non-hydrogen) atoms. The molecule has 0 amide bonds. The van der Waals surface area contributed by atoms with E-state index in [-0.39, 0.29) is 0 Å². The molecule has 0 heterocycles. The molecular weight excluding hydrogens is 368 g/mol. The number of rotatable bonds is 2. The minimum Gasteiger partial charge on any atom is -0.196 e. The Labute approximate surface area is 185 Å². The minimum atomic E-state index is -0.716. The van der Waals surface area contributed by atoms with Gasteiger partial charge in [-0.15, -0.1) is 0 Å². The van der Waals surface area contributed by atoms with Crippen LogP contribution in [0.5, 0.6) is 0 Å². The summed E-state index contributed by atoms with van der Waals surface area (Å²) in [5, 5.41) is 29.7. The van der Waals surface area contributed by atoms with E-state index in [2.05, 4.69) is 12.1 Å². The van der Waals surface area contributed by atoms with E-state index < -0.39 is 11.1 Å². The summed E-state index contributed by atoms with van der Waals surface area (Å²) in [6.07, 6.45) is 25.2. The van der Waals surface area contributed by atoms with Crippen molar-refractivity contribution >= 4 is 0 Å².